The van der Waals surface area contributed by atoms with Gasteiger partial charge in [0.1, 0.15) is 0 Å². The molecule has 1 heterocycles. The summed E-state index contributed by atoms with van der Waals surface area (Å²) in [6.45, 7) is 9.40. The highest BCUT2D eigenvalue weighted by Crippen LogP contribution is 2.31. The first-order valence-electron chi connectivity index (χ1n) is 9.36. The molecule has 0 spiro atoms. The van der Waals surface area contributed by atoms with E-state index in [1.807, 2.05) is 33.8 Å². The molecule has 28 heavy (non-hydrogen) atoms. The Hall–Kier alpha value is -1.93. The predicted molar refractivity (Wildman–Crippen MR) is 104 cm³/mol. The molecule has 1 saturated heterocycles. The van der Waals surface area contributed by atoms with E-state index in [0.717, 1.165) is 22.3 Å². The third-order valence-electron chi connectivity index (χ3n) is 5.51. The van der Waals surface area contributed by atoms with Crippen LogP contribution in [0.4, 0.5) is 0 Å². The van der Waals surface area contributed by atoms with Gasteiger partial charge in [0.05, 0.1) is 17.9 Å². The fourth-order valence-corrected chi connectivity index (χ4v) is 5.56. The summed E-state index contributed by atoms with van der Waals surface area (Å²) < 4.78 is 37.7. The van der Waals surface area contributed by atoms with Crippen molar-refractivity contribution in [1.29, 1.82) is 0 Å². The molecule has 7 nitrogen and oxygen atoms in total. The number of carbonyl (C=O) groups excluding carboxylic acids is 2. The maximum Gasteiger partial charge on any atom is 0.346 e. The zero-order chi connectivity index (χ0) is 21.2. The van der Waals surface area contributed by atoms with Crippen LogP contribution in [0, 0.1) is 33.6 Å². The first kappa shape index (κ1) is 22.4. The van der Waals surface area contributed by atoms with Crippen LogP contribution < -0.4 is 0 Å². The number of nitrogens with zero attached hydrogens (tertiary/aromatic N) is 1. The largest absolute Gasteiger partial charge is 0.466 e. The Morgan fingerprint density at radius 2 is 1.57 bits per heavy atom. The van der Waals surface area contributed by atoms with Gasteiger partial charge in [-0.1, -0.05) is 6.07 Å². The van der Waals surface area contributed by atoms with Crippen LogP contribution in [0.2, 0.25) is 0 Å². The number of benzene rings is 1. The smallest absolute Gasteiger partial charge is 0.346 e. The molecule has 156 valence electrons. The lowest BCUT2D eigenvalue weighted by atomic mass is 9.98. The van der Waals surface area contributed by atoms with E-state index in [1.165, 1.54) is 18.3 Å². The van der Waals surface area contributed by atoms with Crippen LogP contribution in [0.15, 0.2) is 11.0 Å². The van der Waals surface area contributed by atoms with E-state index in [9.17, 15) is 18.0 Å². The first-order valence-corrected chi connectivity index (χ1v) is 10.8. The molecule has 0 unspecified atom stereocenters. The van der Waals surface area contributed by atoms with Gasteiger partial charge in [-0.2, -0.15) is 4.31 Å². The average Bonchev–Trinajstić information content (AvgIpc) is 2.65. The molecule has 0 saturated carbocycles. The number of aryl methyl sites for hydroxylation is 2. The molecular formula is C20H29NO6S. The molecule has 1 aliphatic heterocycles. The van der Waals surface area contributed by atoms with E-state index < -0.39 is 34.0 Å². The van der Waals surface area contributed by atoms with E-state index in [2.05, 4.69) is 4.74 Å². The number of ether oxygens (including phenoxy) is 2. The molecule has 0 radical (unpaired) electrons. The number of sulfonamides is 1. The summed E-state index contributed by atoms with van der Waals surface area (Å²) in [5.74, 6) is -1.54. The second-order valence-corrected chi connectivity index (χ2v) is 9.24. The molecule has 8 heteroatoms. The highest BCUT2D eigenvalue weighted by atomic mass is 32.2. The minimum absolute atomic E-state index is 0.237. The third-order valence-corrected chi connectivity index (χ3v) is 7.68. The van der Waals surface area contributed by atoms with Crippen molar-refractivity contribution in [2.75, 3.05) is 20.2 Å². The lowest BCUT2D eigenvalue weighted by Gasteiger charge is -2.31. The third kappa shape index (κ3) is 4.38. The van der Waals surface area contributed by atoms with Gasteiger partial charge in [0.2, 0.25) is 10.0 Å². The Kier molecular flexibility index (Phi) is 6.88. The molecule has 1 atom stereocenters. The van der Waals surface area contributed by atoms with Crippen molar-refractivity contribution in [1.82, 2.24) is 4.31 Å². The molecule has 1 aliphatic rings. The Morgan fingerprint density at radius 1 is 1.07 bits per heavy atom. The van der Waals surface area contributed by atoms with Gasteiger partial charge in [-0.3, -0.25) is 4.79 Å². The summed E-state index contributed by atoms with van der Waals surface area (Å²) in [6, 6.07) is 1.99. The second kappa shape index (κ2) is 8.61. The molecule has 1 aromatic rings. The SMILES string of the molecule is COC(=O)[C@H](C)OC(=O)C1CCN(S(=O)(=O)c2c(C)c(C)cc(C)c2C)CC1. The average molecular weight is 412 g/mol. The summed E-state index contributed by atoms with van der Waals surface area (Å²) >= 11 is 0. The van der Waals surface area contributed by atoms with Crippen molar-refractivity contribution < 1.29 is 27.5 Å². The summed E-state index contributed by atoms with van der Waals surface area (Å²) in [7, 11) is -2.42. The Labute approximate surface area is 167 Å². The summed E-state index contributed by atoms with van der Waals surface area (Å²) in [5, 5.41) is 0. The van der Waals surface area contributed by atoms with Crippen molar-refractivity contribution in [2.45, 2.75) is 58.5 Å². The number of hydrogen-bond donors (Lipinski definition) is 0. The van der Waals surface area contributed by atoms with Crippen molar-refractivity contribution in [3.8, 4) is 0 Å². The fraction of sp³-hybridized carbons (Fsp3) is 0.600. The van der Waals surface area contributed by atoms with Gasteiger partial charge in [0.15, 0.2) is 6.10 Å². The molecule has 0 N–H and O–H groups in total. The molecule has 0 aliphatic carbocycles. The maximum absolute atomic E-state index is 13.3. The maximum atomic E-state index is 13.3. The Bertz CT molecular complexity index is 843. The monoisotopic (exact) mass is 411 g/mol. The van der Waals surface area contributed by atoms with Crippen LogP contribution in [-0.2, 0) is 29.1 Å². The minimum Gasteiger partial charge on any atom is -0.466 e. The number of hydrogen-bond acceptors (Lipinski definition) is 6. The number of esters is 2. The van der Waals surface area contributed by atoms with Crippen molar-refractivity contribution >= 4 is 22.0 Å². The van der Waals surface area contributed by atoms with Gasteiger partial charge in [0.25, 0.3) is 0 Å². The molecule has 0 aromatic heterocycles. The fourth-order valence-electron chi connectivity index (χ4n) is 3.51. The van der Waals surface area contributed by atoms with Crippen LogP contribution in [0.1, 0.15) is 42.0 Å². The van der Waals surface area contributed by atoms with Gasteiger partial charge < -0.3 is 9.47 Å². The molecule has 0 bridgehead atoms. The van der Waals surface area contributed by atoms with E-state index in [-0.39, 0.29) is 13.1 Å². The standard InChI is InChI=1S/C20H29NO6S/c1-12-11-13(2)15(4)18(14(12)3)28(24,25)21-9-7-17(8-10-21)20(23)27-16(5)19(22)26-6/h11,16-17H,7-10H2,1-6H3/t16-/m0/s1. The zero-order valence-corrected chi connectivity index (χ0v) is 18.2. The van der Waals surface area contributed by atoms with Crippen LogP contribution in [0.3, 0.4) is 0 Å². The van der Waals surface area contributed by atoms with Gasteiger partial charge in [-0.05, 0) is 69.7 Å². The van der Waals surface area contributed by atoms with Crippen molar-refractivity contribution in [3.05, 3.63) is 28.3 Å². The van der Waals surface area contributed by atoms with E-state index >= 15 is 0 Å². The minimum atomic E-state index is -3.65. The molecular weight excluding hydrogens is 382 g/mol. The van der Waals surface area contributed by atoms with Gasteiger partial charge in [0, 0.05) is 13.1 Å². The quantitative estimate of drug-likeness (QED) is 0.691. The van der Waals surface area contributed by atoms with E-state index in [4.69, 9.17) is 4.74 Å². The molecule has 1 fully saturated rings. The lowest BCUT2D eigenvalue weighted by molar-refractivity contribution is -0.168. The first-order chi connectivity index (χ1) is 13.0. The van der Waals surface area contributed by atoms with Gasteiger partial charge in [-0.15, -0.1) is 0 Å². The molecule has 1 aromatic carbocycles. The summed E-state index contributed by atoms with van der Waals surface area (Å²) in [4.78, 5) is 24.0. The Balaban J connectivity index is 2.13. The molecule has 2 rings (SSSR count). The van der Waals surface area contributed by atoms with Gasteiger partial charge >= 0.3 is 11.9 Å². The van der Waals surface area contributed by atoms with Crippen LogP contribution >= 0.6 is 0 Å². The molecule has 0 amide bonds. The number of methoxy groups -OCH3 is 1. The highest BCUT2D eigenvalue weighted by Gasteiger charge is 2.35. The predicted octanol–water partition coefficient (Wildman–Crippen LogP) is 2.43. The van der Waals surface area contributed by atoms with Crippen LogP contribution in [0.5, 0.6) is 0 Å². The van der Waals surface area contributed by atoms with Crippen LogP contribution in [0.25, 0.3) is 0 Å². The summed E-state index contributed by atoms with van der Waals surface area (Å²) in [5.41, 5.74) is 3.40. The topological polar surface area (TPSA) is 90.0 Å². The summed E-state index contributed by atoms with van der Waals surface area (Å²) in [6.07, 6.45) is -0.260. The number of carbonyl (C=O) groups is 2. The Morgan fingerprint density at radius 3 is 2.04 bits per heavy atom. The van der Waals surface area contributed by atoms with Crippen molar-refractivity contribution in [2.24, 2.45) is 5.92 Å². The number of piperidine rings is 1. The zero-order valence-electron chi connectivity index (χ0n) is 17.4. The van der Waals surface area contributed by atoms with Gasteiger partial charge in [-0.25, -0.2) is 13.2 Å². The van der Waals surface area contributed by atoms with E-state index in [0.29, 0.717) is 17.7 Å². The lowest BCUT2D eigenvalue weighted by Crippen LogP contribution is -2.42. The highest BCUT2D eigenvalue weighted by molar-refractivity contribution is 7.89. The normalized spacial score (nSPS) is 17.2. The second-order valence-electron chi connectivity index (χ2n) is 7.37. The van der Waals surface area contributed by atoms with Crippen LogP contribution in [-0.4, -0.2) is 51.0 Å². The van der Waals surface area contributed by atoms with E-state index in [1.54, 1.807) is 0 Å². The van der Waals surface area contributed by atoms with Crippen molar-refractivity contribution in [3.63, 3.8) is 0 Å². The number of rotatable bonds is 5.